The third-order valence-electron chi connectivity index (χ3n) is 3.43. The zero-order valence-electron chi connectivity index (χ0n) is 13.4. The van der Waals surface area contributed by atoms with Crippen LogP contribution in [0.4, 0.5) is 17.3 Å². The van der Waals surface area contributed by atoms with Crippen molar-refractivity contribution in [2.75, 3.05) is 0 Å². The van der Waals surface area contributed by atoms with Crippen LogP contribution in [0.15, 0.2) is 0 Å². The van der Waals surface area contributed by atoms with Crippen molar-refractivity contribution in [1.29, 1.82) is 0 Å². The minimum absolute atomic E-state index is 0.404. The van der Waals surface area contributed by atoms with Crippen LogP contribution in [0.3, 0.4) is 0 Å². The topological polar surface area (TPSA) is 27.6 Å². The SMILES string of the molecule is CCCCCC([NH3+])(CCCC)CCCC.F[B-](F)(F)F. The van der Waals surface area contributed by atoms with Crippen molar-refractivity contribution >= 4 is 7.25 Å². The van der Waals surface area contributed by atoms with Crippen LogP contribution >= 0.6 is 0 Å². The van der Waals surface area contributed by atoms with Crippen molar-refractivity contribution < 1.29 is 23.0 Å². The second kappa shape index (κ2) is 12.5. The molecule has 0 aromatic heterocycles. The molecule has 0 radical (unpaired) electrons. The highest BCUT2D eigenvalue weighted by Gasteiger charge is 2.26. The van der Waals surface area contributed by atoms with E-state index in [2.05, 4.69) is 26.5 Å². The molecule has 0 saturated carbocycles. The van der Waals surface area contributed by atoms with E-state index < -0.39 is 7.25 Å². The molecule has 0 aromatic carbocycles. The Bertz CT molecular complexity index is 196. The maximum absolute atomic E-state index is 9.75. The molecule has 20 heavy (non-hydrogen) atoms. The molecule has 0 fully saturated rings. The van der Waals surface area contributed by atoms with E-state index in [-0.39, 0.29) is 0 Å². The summed E-state index contributed by atoms with van der Waals surface area (Å²) in [4.78, 5) is 0. The average molecular weight is 301 g/mol. The fourth-order valence-corrected chi connectivity index (χ4v) is 2.23. The summed E-state index contributed by atoms with van der Waals surface area (Å²) in [5.41, 5.74) is 4.92. The fraction of sp³-hybridized carbons (Fsp3) is 1.00. The van der Waals surface area contributed by atoms with Gasteiger partial charge in [0.15, 0.2) is 0 Å². The molecule has 0 atom stereocenters. The van der Waals surface area contributed by atoms with E-state index in [1.54, 1.807) is 0 Å². The summed E-state index contributed by atoms with van der Waals surface area (Å²) in [5, 5.41) is 0. The minimum Gasteiger partial charge on any atom is -0.418 e. The molecule has 124 valence electrons. The minimum atomic E-state index is -6.00. The Morgan fingerprint density at radius 3 is 1.30 bits per heavy atom. The Kier molecular flexibility index (Phi) is 13.8. The molecule has 0 saturated heterocycles. The molecule has 0 bridgehead atoms. The predicted octanol–water partition coefficient (Wildman–Crippen LogP) is 5.23. The van der Waals surface area contributed by atoms with Gasteiger partial charge in [-0.1, -0.05) is 46.5 Å². The highest BCUT2D eigenvalue weighted by atomic mass is 19.5. The predicted molar refractivity (Wildman–Crippen MR) is 79.0 cm³/mol. The zero-order chi connectivity index (χ0) is 16.1. The molecule has 0 aliphatic carbocycles. The highest BCUT2D eigenvalue weighted by Crippen LogP contribution is 2.23. The average Bonchev–Trinajstić information content (AvgIpc) is 2.32. The van der Waals surface area contributed by atoms with Crippen LogP contribution < -0.4 is 5.73 Å². The summed E-state index contributed by atoms with van der Waals surface area (Å²) in [6, 6.07) is 0. The van der Waals surface area contributed by atoms with Crippen LogP contribution in [0.2, 0.25) is 0 Å². The Labute approximate surface area is 121 Å². The molecule has 0 aliphatic rings. The van der Waals surface area contributed by atoms with E-state index in [4.69, 9.17) is 0 Å². The Morgan fingerprint density at radius 2 is 1.00 bits per heavy atom. The van der Waals surface area contributed by atoms with Crippen LogP contribution in [0.25, 0.3) is 0 Å². The van der Waals surface area contributed by atoms with E-state index in [9.17, 15) is 17.3 Å². The van der Waals surface area contributed by atoms with Gasteiger partial charge in [0, 0.05) is 19.3 Å². The van der Waals surface area contributed by atoms with Gasteiger partial charge in [-0.25, -0.2) is 0 Å². The van der Waals surface area contributed by atoms with Crippen molar-refractivity contribution in [3.05, 3.63) is 0 Å². The Morgan fingerprint density at radius 1 is 0.700 bits per heavy atom. The zero-order valence-corrected chi connectivity index (χ0v) is 13.4. The van der Waals surface area contributed by atoms with Crippen LogP contribution in [0.1, 0.15) is 85.0 Å². The van der Waals surface area contributed by atoms with Crippen molar-refractivity contribution in [3.63, 3.8) is 0 Å². The molecule has 0 rings (SSSR count). The molecule has 0 amide bonds. The molecule has 0 heterocycles. The maximum atomic E-state index is 9.75. The molecular formula is C14H32BF4N. The number of rotatable bonds is 10. The highest BCUT2D eigenvalue weighted by molar-refractivity contribution is 6.50. The standard InChI is InChI=1S/C14H31N.BF4/c1-4-7-10-13-14(15,11-8-5-2)12-9-6-3;2-1(3,4)5/h4-13,15H2,1-3H3;/q;-1/p+1. The van der Waals surface area contributed by atoms with Gasteiger partial charge in [-0.15, -0.1) is 0 Å². The summed E-state index contributed by atoms with van der Waals surface area (Å²) in [6.45, 7) is 6.85. The first-order valence-corrected chi connectivity index (χ1v) is 7.91. The number of hydrogen-bond acceptors (Lipinski definition) is 0. The van der Waals surface area contributed by atoms with E-state index in [1.807, 2.05) is 0 Å². The van der Waals surface area contributed by atoms with Crippen LogP contribution in [0.5, 0.6) is 0 Å². The molecule has 6 heteroatoms. The summed E-state index contributed by atoms with van der Waals surface area (Å²) < 4.78 is 39.0. The summed E-state index contributed by atoms with van der Waals surface area (Å²) >= 11 is 0. The second-order valence-electron chi connectivity index (χ2n) is 5.66. The van der Waals surface area contributed by atoms with Gasteiger partial charge >= 0.3 is 7.25 Å². The monoisotopic (exact) mass is 301 g/mol. The van der Waals surface area contributed by atoms with Gasteiger partial charge < -0.3 is 23.0 Å². The van der Waals surface area contributed by atoms with Gasteiger partial charge in [0.05, 0.1) is 5.54 Å². The molecule has 0 unspecified atom stereocenters. The number of hydrogen-bond donors (Lipinski definition) is 1. The lowest BCUT2D eigenvalue weighted by atomic mass is 9.83. The quantitative estimate of drug-likeness (QED) is 0.325. The molecule has 1 nitrogen and oxygen atoms in total. The first kappa shape index (κ1) is 22.0. The lowest BCUT2D eigenvalue weighted by Crippen LogP contribution is -2.72. The van der Waals surface area contributed by atoms with Crippen LogP contribution in [0, 0.1) is 0 Å². The van der Waals surface area contributed by atoms with Gasteiger partial charge in [0.2, 0.25) is 0 Å². The molecule has 0 aromatic rings. The molecule has 0 spiro atoms. The Balaban J connectivity index is 0. The third-order valence-corrected chi connectivity index (χ3v) is 3.43. The first-order valence-electron chi connectivity index (χ1n) is 7.91. The van der Waals surface area contributed by atoms with Crippen molar-refractivity contribution in [1.82, 2.24) is 0 Å². The van der Waals surface area contributed by atoms with E-state index in [0.29, 0.717) is 5.54 Å². The number of unbranched alkanes of at least 4 members (excludes halogenated alkanes) is 4. The normalized spacial score (nSPS) is 12.0. The number of quaternary nitrogens is 1. The molecule has 3 N–H and O–H groups in total. The summed E-state index contributed by atoms with van der Waals surface area (Å²) in [5.74, 6) is 0. The van der Waals surface area contributed by atoms with Crippen molar-refractivity contribution in [2.45, 2.75) is 90.5 Å². The smallest absolute Gasteiger partial charge is 0.418 e. The second-order valence-corrected chi connectivity index (χ2v) is 5.66. The van der Waals surface area contributed by atoms with E-state index >= 15 is 0 Å². The number of halogens is 4. The van der Waals surface area contributed by atoms with E-state index in [0.717, 1.165) is 0 Å². The molecular weight excluding hydrogens is 269 g/mol. The lowest BCUT2D eigenvalue weighted by molar-refractivity contribution is -0.484. The lowest BCUT2D eigenvalue weighted by Gasteiger charge is -2.26. The van der Waals surface area contributed by atoms with Gasteiger partial charge in [-0.05, 0) is 19.3 Å². The summed E-state index contributed by atoms with van der Waals surface area (Å²) in [7, 11) is -6.00. The van der Waals surface area contributed by atoms with Gasteiger partial charge in [-0.2, -0.15) is 0 Å². The van der Waals surface area contributed by atoms with E-state index in [1.165, 1.54) is 64.2 Å². The fourth-order valence-electron chi connectivity index (χ4n) is 2.23. The van der Waals surface area contributed by atoms with Crippen LogP contribution in [-0.2, 0) is 0 Å². The third kappa shape index (κ3) is 20.1. The van der Waals surface area contributed by atoms with Gasteiger partial charge in [0.1, 0.15) is 0 Å². The van der Waals surface area contributed by atoms with Gasteiger partial charge in [0.25, 0.3) is 0 Å². The first-order chi connectivity index (χ1) is 9.18. The largest absolute Gasteiger partial charge is 0.673 e. The van der Waals surface area contributed by atoms with Gasteiger partial charge in [-0.3, -0.25) is 0 Å². The van der Waals surface area contributed by atoms with Crippen LogP contribution in [-0.4, -0.2) is 12.8 Å². The Hall–Kier alpha value is -0.255. The maximum Gasteiger partial charge on any atom is 0.673 e. The van der Waals surface area contributed by atoms with Crippen molar-refractivity contribution in [2.24, 2.45) is 0 Å². The molecule has 0 aliphatic heterocycles. The van der Waals surface area contributed by atoms with Crippen molar-refractivity contribution in [3.8, 4) is 0 Å². The summed E-state index contributed by atoms with van der Waals surface area (Å²) in [6.07, 6.45) is 13.5.